The molecule has 1 spiro atoms. The number of aromatic hydroxyl groups is 1. The van der Waals surface area contributed by atoms with E-state index in [9.17, 15) is 57.8 Å². The minimum Gasteiger partial charge on any atom is -0.508 e. The SMILES string of the molecule is NC(=O)CCC1NC(=O)[C@H](Cc2ccccc2)NC(=O)C(Cc2ccc(O)cc2)NC(=O)CC2(C=COC=C2)SSC[C@@H](C(=O)N2CCC[C@H]2C(=O)N[C@@H](CCCN=C(N)N)C(=O)NCC(N)=O)NC(=O)C(CC(N)=O)NC1=O. The van der Waals surface area contributed by atoms with E-state index in [1.54, 1.807) is 54.6 Å². The maximum Gasteiger partial charge on any atom is 0.246 e. The zero-order chi connectivity index (χ0) is 57.6. The number of carbonyl (C=O) groups is 11. The summed E-state index contributed by atoms with van der Waals surface area (Å²) >= 11 is 0. The van der Waals surface area contributed by atoms with Crippen LogP contribution < -0.4 is 65.9 Å². The normalized spacial score (nSPS) is 22.3. The van der Waals surface area contributed by atoms with Gasteiger partial charge >= 0.3 is 0 Å². The van der Waals surface area contributed by atoms with Gasteiger partial charge in [0.15, 0.2) is 5.96 Å². The molecule has 0 aliphatic carbocycles. The second-order valence-corrected chi connectivity index (χ2v) is 21.4. The minimum atomic E-state index is -1.82. The van der Waals surface area contributed by atoms with Crippen LogP contribution in [0.2, 0.25) is 0 Å². The van der Waals surface area contributed by atoms with Crippen molar-refractivity contribution in [2.75, 3.05) is 25.4 Å². The number of primary amides is 3. The number of aliphatic imine (C=N–C) groups is 1. The van der Waals surface area contributed by atoms with Gasteiger partial charge in [-0.3, -0.25) is 57.7 Å². The number of ether oxygens (including phenoxy) is 1. The Balaban J connectivity index is 1.54. The van der Waals surface area contributed by atoms with Gasteiger partial charge in [-0.1, -0.05) is 64.1 Å². The largest absolute Gasteiger partial charge is 0.508 e. The zero-order valence-corrected chi connectivity index (χ0v) is 44.5. The van der Waals surface area contributed by atoms with E-state index in [2.05, 4.69) is 42.2 Å². The number of carbonyl (C=O) groups excluding carboxylic acids is 11. The number of guanidine groups is 1. The Bertz CT molecular complexity index is 2640. The standard InChI is InChI=1S/C50H66N14O13S2/c51-38(66)15-14-32-43(71)62-35(24-39(52)67)46(74)63-36(48(76)64-19-5-9-37(64)47(75)60-31(8-4-18-56-49(54)55)42(70)57-26-40(53)68)27-78-79-50(16-20-77-21-17-50)25-41(69)58-33(23-29-10-12-30(65)13-11-29)44(72)61-34(45(73)59-32)22-28-6-2-1-3-7-28/h1-3,6-7,10-13,16-17,20-21,31-37,65H,4-5,8-9,14-15,18-19,22-27H2,(H2,51,66)(H2,52,67)(H2,53,68)(H,57,70)(H,58,69)(H,59,73)(H,60,75)(H,61,72)(H,62,71)(H,63,74)(H4,54,55,56)/t31-,32?,33?,34-,35?,36-,37-/m0/s1. The first-order valence-electron chi connectivity index (χ1n) is 25.0. The topological polar surface area (TPSA) is 447 Å². The summed E-state index contributed by atoms with van der Waals surface area (Å²) < 4.78 is 4.09. The lowest BCUT2D eigenvalue weighted by atomic mass is 10.00. The van der Waals surface area contributed by atoms with Gasteiger partial charge in [-0.05, 0) is 67.5 Å². The third kappa shape index (κ3) is 19.9. The molecule has 29 heteroatoms. The number of benzene rings is 2. The molecule has 18 N–H and O–H groups in total. The number of nitrogens with zero attached hydrogens (tertiary/aromatic N) is 2. The molecule has 3 aliphatic heterocycles. The van der Waals surface area contributed by atoms with Gasteiger partial charge in [-0.15, -0.1) is 0 Å². The molecule has 5 rings (SSSR count). The van der Waals surface area contributed by atoms with Crippen LogP contribution in [0.15, 0.2) is 84.3 Å². The highest BCUT2D eigenvalue weighted by molar-refractivity contribution is 8.77. The van der Waals surface area contributed by atoms with Gasteiger partial charge in [0, 0.05) is 44.5 Å². The van der Waals surface area contributed by atoms with Gasteiger partial charge in [0.25, 0.3) is 0 Å². The predicted molar refractivity (Wildman–Crippen MR) is 289 cm³/mol. The molecule has 0 saturated carbocycles. The summed E-state index contributed by atoms with van der Waals surface area (Å²) in [5.41, 5.74) is 28.2. The molecule has 2 saturated heterocycles. The van der Waals surface area contributed by atoms with Gasteiger partial charge in [-0.2, -0.15) is 0 Å². The van der Waals surface area contributed by atoms with Crippen LogP contribution in [0.5, 0.6) is 5.75 Å². The quantitative estimate of drug-likeness (QED) is 0.0280. The van der Waals surface area contributed by atoms with Gasteiger partial charge in [-0.25, -0.2) is 0 Å². The van der Waals surface area contributed by atoms with E-state index in [1.807, 2.05) is 0 Å². The highest BCUT2D eigenvalue weighted by Gasteiger charge is 2.42. The van der Waals surface area contributed by atoms with Crippen molar-refractivity contribution < 1.29 is 62.6 Å². The summed E-state index contributed by atoms with van der Waals surface area (Å²) in [7, 11) is 2.07. The molecule has 27 nitrogen and oxygen atoms in total. The van der Waals surface area contributed by atoms with Crippen molar-refractivity contribution in [3.63, 3.8) is 0 Å². The van der Waals surface area contributed by atoms with Crippen LogP contribution in [0.1, 0.15) is 62.5 Å². The molecule has 0 radical (unpaired) electrons. The molecule has 2 aromatic carbocycles. The number of hydrogen-bond donors (Lipinski definition) is 13. The van der Waals surface area contributed by atoms with Crippen LogP contribution in [-0.4, -0.2) is 153 Å². The Morgan fingerprint density at radius 1 is 0.759 bits per heavy atom. The van der Waals surface area contributed by atoms with Crippen LogP contribution in [0.3, 0.4) is 0 Å². The third-order valence-corrected chi connectivity index (χ3v) is 15.5. The maximum absolute atomic E-state index is 14.9. The molecule has 3 heterocycles. The van der Waals surface area contributed by atoms with E-state index in [0.717, 1.165) is 21.6 Å². The Labute approximate surface area is 461 Å². The van der Waals surface area contributed by atoms with Crippen molar-refractivity contribution >= 4 is 92.5 Å². The van der Waals surface area contributed by atoms with E-state index >= 15 is 0 Å². The number of nitrogens with one attached hydrogen (secondary N) is 7. The van der Waals surface area contributed by atoms with E-state index in [0.29, 0.717) is 17.5 Å². The first kappa shape index (κ1) is 61.5. The monoisotopic (exact) mass is 1130 g/mol. The van der Waals surface area contributed by atoms with E-state index in [-0.39, 0.29) is 69.1 Å². The Morgan fingerprint density at radius 2 is 1.37 bits per heavy atom. The lowest BCUT2D eigenvalue weighted by Gasteiger charge is -2.32. The summed E-state index contributed by atoms with van der Waals surface area (Å²) in [4.78, 5) is 155. The van der Waals surface area contributed by atoms with Crippen molar-refractivity contribution in [2.45, 2.75) is 111 Å². The molecule has 11 amide bonds. The molecule has 2 aromatic rings. The highest BCUT2D eigenvalue weighted by atomic mass is 33.1. The fraction of sp³-hybridized carbons (Fsp3) is 0.440. The molecule has 7 atom stereocenters. The molecule has 3 aliphatic rings. The van der Waals surface area contributed by atoms with Crippen molar-refractivity contribution in [1.29, 1.82) is 0 Å². The molecular weight excluding hydrogens is 1070 g/mol. The van der Waals surface area contributed by atoms with Gasteiger partial charge in [0.1, 0.15) is 48.0 Å². The van der Waals surface area contributed by atoms with Crippen LogP contribution >= 0.6 is 21.6 Å². The number of amides is 11. The first-order chi connectivity index (χ1) is 37.6. The molecular formula is C50H66N14O13S2. The summed E-state index contributed by atoms with van der Waals surface area (Å²) in [6.45, 7) is -0.465. The fourth-order valence-electron chi connectivity index (χ4n) is 8.53. The average Bonchev–Trinajstić information content (AvgIpc) is 3.98. The molecule has 0 bridgehead atoms. The van der Waals surface area contributed by atoms with Gasteiger partial charge < -0.3 is 80.6 Å². The number of hydrogen-bond acceptors (Lipinski definition) is 16. The lowest BCUT2D eigenvalue weighted by Crippen LogP contribution is -2.61. The van der Waals surface area contributed by atoms with Crippen molar-refractivity contribution in [3.8, 4) is 5.75 Å². The van der Waals surface area contributed by atoms with E-state index < -0.39 is 138 Å². The molecule has 426 valence electrons. The number of rotatable bonds is 19. The van der Waals surface area contributed by atoms with Crippen molar-refractivity contribution in [2.24, 2.45) is 33.7 Å². The number of nitrogens with two attached hydrogens (primary N) is 5. The second kappa shape index (κ2) is 30.0. The summed E-state index contributed by atoms with van der Waals surface area (Å²) in [5.74, 6) is -10.3. The average molecular weight is 1140 g/mol. The Hall–Kier alpha value is -8.34. The molecule has 3 unspecified atom stereocenters. The van der Waals surface area contributed by atoms with Crippen LogP contribution in [0, 0.1) is 0 Å². The second-order valence-electron chi connectivity index (χ2n) is 18.7. The van der Waals surface area contributed by atoms with Crippen LogP contribution in [-0.2, 0) is 70.3 Å². The Kier molecular flexibility index (Phi) is 23.3. The minimum absolute atomic E-state index is 0.00535. The summed E-state index contributed by atoms with van der Waals surface area (Å²) in [6.07, 6.45) is 3.99. The Morgan fingerprint density at radius 3 is 2.00 bits per heavy atom. The maximum atomic E-state index is 14.9. The molecule has 79 heavy (non-hydrogen) atoms. The van der Waals surface area contributed by atoms with Crippen LogP contribution in [0.4, 0.5) is 0 Å². The lowest BCUT2D eigenvalue weighted by molar-refractivity contribution is -0.142. The van der Waals surface area contributed by atoms with Crippen molar-refractivity contribution in [3.05, 3.63) is 90.4 Å². The predicted octanol–water partition coefficient (Wildman–Crippen LogP) is -3.55. The number of likely N-dealkylation sites (tertiary alicyclic amines) is 1. The number of phenolic OH excluding ortho intramolecular Hbond substituents is 1. The highest BCUT2D eigenvalue weighted by Crippen LogP contribution is 2.43. The summed E-state index contributed by atoms with van der Waals surface area (Å²) in [6, 6.07) is 4.10. The zero-order valence-electron chi connectivity index (χ0n) is 42.9. The van der Waals surface area contributed by atoms with Gasteiger partial charge in [0.05, 0.1) is 30.2 Å². The molecule has 0 aromatic heterocycles. The first-order valence-corrected chi connectivity index (χ1v) is 27.4. The third-order valence-electron chi connectivity index (χ3n) is 12.5. The fourth-order valence-corrected chi connectivity index (χ4v) is 11.4. The van der Waals surface area contributed by atoms with Crippen molar-refractivity contribution in [1.82, 2.24) is 42.1 Å². The van der Waals surface area contributed by atoms with Gasteiger partial charge in [0.2, 0.25) is 65.0 Å². The molecule has 2 fully saturated rings. The smallest absolute Gasteiger partial charge is 0.246 e. The summed E-state index contributed by atoms with van der Waals surface area (Å²) in [5, 5.41) is 28.1. The van der Waals surface area contributed by atoms with E-state index in [4.69, 9.17) is 33.4 Å². The van der Waals surface area contributed by atoms with Crippen LogP contribution in [0.25, 0.3) is 0 Å². The number of phenols is 1. The van der Waals surface area contributed by atoms with E-state index in [1.165, 1.54) is 29.6 Å².